The molecule has 0 spiro atoms. The van der Waals surface area contributed by atoms with Crippen molar-refractivity contribution in [2.24, 2.45) is 5.92 Å². The lowest BCUT2D eigenvalue weighted by atomic mass is 9.52. The fourth-order valence-electron chi connectivity index (χ4n) is 6.11. The molecule has 4 heteroatoms. The van der Waals surface area contributed by atoms with Crippen LogP contribution in [-0.4, -0.2) is 29.6 Å². The van der Waals surface area contributed by atoms with Crippen molar-refractivity contribution in [1.29, 1.82) is 0 Å². The first-order valence-electron chi connectivity index (χ1n) is 10.1. The molecule has 0 amide bonds. The zero-order valence-electron chi connectivity index (χ0n) is 16.1. The molecule has 2 aromatic rings. The molecule has 1 saturated carbocycles. The van der Waals surface area contributed by atoms with Crippen molar-refractivity contribution in [3.05, 3.63) is 59.4 Å². The number of fused-ring (bicyclic) bond motifs is 1. The van der Waals surface area contributed by atoms with E-state index in [1.54, 1.807) is 18.2 Å². The lowest BCUT2D eigenvalue weighted by Crippen LogP contribution is -2.60. The van der Waals surface area contributed by atoms with E-state index in [0.717, 1.165) is 18.2 Å². The van der Waals surface area contributed by atoms with E-state index in [1.807, 2.05) is 12.4 Å². The third-order valence-electron chi connectivity index (χ3n) is 7.27. The average molecular weight is 429 g/mol. The van der Waals surface area contributed by atoms with Crippen LogP contribution in [0.3, 0.4) is 0 Å². The standard InChI is InChI=1S/C23H28N2O.BrH/c1-26-19-8-7-18-13-22-20-6-2-3-9-23(20,21(18)14-19)10-12-25(22)16-17-5-4-11-24-15-17;/h4-5,7-8,11,14-15,20,22H,2-3,6,9-10,12-13,16H2,1H3;1H/t20-,22+,23+;/m0./s1. The summed E-state index contributed by atoms with van der Waals surface area (Å²) < 4.78 is 5.58. The number of hydrogen-bond acceptors (Lipinski definition) is 3. The van der Waals surface area contributed by atoms with Crippen LogP contribution in [0.5, 0.6) is 5.75 Å². The number of likely N-dealkylation sites (tertiary alicyclic amines) is 1. The van der Waals surface area contributed by atoms with Gasteiger partial charge in [-0.1, -0.05) is 25.0 Å². The van der Waals surface area contributed by atoms with E-state index in [9.17, 15) is 0 Å². The zero-order chi connectivity index (χ0) is 17.6. The Morgan fingerprint density at radius 1 is 1.22 bits per heavy atom. The molecule has 1 aromatic heterocycles. The average Bonchev–Trinajstić information content (AvgIpc) is 2.70. The van der Waals surface area contributed by atoms with Crippen molar-refractivity contribution < 1.29 is 4.74 Å². The second kappa shape index (κ2) is 7.56. The van der Waals surface area contributed by atoms with Gasteiger partial charge in [0.1, 0.15) is 5.75 Å². The third kappa shape index (κ3) is 3.11. The predicted octanol–water partition coefficient (Wildman–Crippen LogP) is 4.93. The summed E-state index contributed by atoms with van der Waals surface area (Å²) in [7, 11) is 1.79. The van der Waals surface area contributed by atoms with Crippen LogP contribution in [0.25, 0.3) is 0 Å². The van der Waals surface area contributed by atoms with E-state index in [-0.39, 0.29) is 17.0 Å². The first-order valence-corrected chi connectivity index (χ1v) is 10.1. The van der Waals surface area contributed by atoms with Gasteiger partial charge in [-0.3, -0.25) is 9.88 Å². The van der Waals surface area contributed by atoms with Crippen molar-refractivity contribution in [2.75, 3.05) is 13.7 Å². The van der Waals surface area contributed by atoms with Gasteiger partial charge in [0, 0.05) is 30.4 Å². The van der Waals surface area contributed by atoms with Gasteiger partial charge in [-0.25, -0.2) is 0 Å². The number of nitrogens with zero attached hydrogens (tertiary/aromatic N) is 2. The lowest BCUT2D eigenvalue weighted by molar-refractivity contribution is -0.0157. The fraction of sp³-hybridized carbons (Fsp3) is 0.522. The van der Waals surface area contributed by atoms with E-state index in [4.69, 9.17) is 4.74 Å². The maximum atomic E-state index is 5.58. The first kappa shape index (κ1) is 18.9. The van der Waals surface area contributed by atoms with Gasteiger partial charge >= 0.3 is 0 Å². The minimum absolute atomic E-state index is 0. The highest BCUT2D eigenvalue weighted by Gasteiger charge is 2.53. The monoisotopic (exact) mass is 428 g/mol. The number of pyridine rings is 1. The predicted molar refractivity (Wildman–Crippen MR) is 114 cm³/mol. The molecular weight excluding hydrogens is 400 g/mol. The molecule has 2 heterocycles. The molecule has 1 saturated heterocycles. The summed E-state index contributed by atoms with van der Waals surface area (Å²) in [4.78, 5) is 7.07. The van der Waals surface area contributed by atoms with Crippen molar-refractivity contribution in [1.82, 2.24) is 9.88 Å². The Balaban J connectivity index is 0.00000180. The molecule has 0 unspecified atom stereocenters. The van der Waals surface area contributed by atoms with Gasteiger partial charge < -0.3 is 4.74 Å². The topological polar surface area (TPSA) is 25.4 Å². The normalized spacial score (nSPS) is 29.2. The Hall–Kier alpha value is -1.39. The number of ether oxygens (including phenoxy) is 1. The number of halogens is 1. The maximum Gasteiger partial charge on any atom is 0.119 e. The number of piperidine rings is 1. The van der Waals surface area contributed by atoms with Gasteiger partial charge in [0.05, 0.1) is 7.11 Å². The van der Waals surface area contributed by atoms with Crippen molar-refractivity contribution in [3.63, 3.8) is 0 Å². The Morgan fingerprint density at radius 3 is 2.96 bits per heavy atom. The molecule has 2 bridgehead atoms. The van der Waals surface area contributed by atoms with Crippen LogP contribution < -0.4 is 4.74 Å². The van der Waals surface area contributed by atoms with E-state index >= 15 is 0 Å². The van der Waals surface area contributed by atoms with Crippen LogP contribution >= 0.6 is 17.0 Å². The zero-order valence-corrected chi connectivity index (χ0v) is 17.8. The van der Waals surface area contributed by atoms with Gasteiger partial charge in [-0.15, -0.1) is 17.0 Å². The highest BCUT2D eigenvalue weighted by Crippen LogP contribution is 2.56. The molecule has 0 N–H and O–H groups in total. The molecule has 1 aromatic carbocycles. The Morgan fingerprint density at radius 2 is 2.15 bits per heavy atom. The number of methoxy groups -OCH3 is 1. The van der Waals surface area contributed by atoms with E-state index < -0.39 is 0 Å². The highest BCUT2D eigenvalue weighted by molar-refractivity contribution is 8.93. The van der Waals surface area contributed by atoms with E-state index in [1.165, 1.54) is 50.6 Å². The minimum atomic E-state index is 0. The largest absolute Gasteiger partial charge is 0.497 e. The number of hydrogen-bond donors (Lipinski definition) is 0. The van der Waals surface area contributed by atoms with Crippen LogP contribution in [0, 0.1) is 5.92 Å². The summed E-state index contributed by atoms with van der Waals surface area (Å²) in [5.41, 5.74) is 4.90. The van der Waals surface area contributed by atoms with Gasteiger partial charge in [0.2, 0.25) is 0 Å². The van der Waals surface area contributed by atoms with Crippen LogP contribution in [-0.2, 0) is 18.4 Å². The summed E-state index contributed by atoms with van der Waals surface area (Å²) >= 11 is 0. The smallest absolute Gasteiger partial charge is 0.119 e. The van der Waals surface area contributed by atoms with Gasteiger partial charge in [0.15, 0.2) is 0 Å². The summed E-state index contributed by atoms with van der Waals surface area (Å²) in [5, 5.41) is 0. The SMILES string of the molecule is Br.COc1ccc2c(c1)[C@@]13CCCC[C@H]1[C@@H](C2)N(Cc1cccnc1)CC3. The van der Waals surface area contributed by atoms with Crippen LogP contribution in [0.1, 0.15) is 48.8 Å². The molecule has 3 nitrogen and oxygen atoms in total. The second-order valence-corrected chi connectivity index (χ2v) is 8.38. The van der Waals surface area contributed by atoms with Crippen molar-refractivity contribution >= 4 is 17.0 Å². The van der Waals surface area contributed by atoms with Gasteiger partial charge in [0.25, 0.3) is 0 Å². The van der Waals surface area contributed by atoms with E-state index in [0.29, 0.717) is 11.5 Å². The maximum absolute atomic E-state index is 5.58. The molecule has 0 radical (unpaired) electrons. The summed E-state index contributed by atoms with van der Waals surface area (Å²) in [6.07, 6.45) is 11.9. The Kier molecular flexibility index (Phi) is 5.30. The number of rotatable bonds is 3. The molecule has 5 rings (SSSR count). The second-order valence-electron chi connectivity index (χ2n) is 8.38. The molecule has 3 aliphatic rings. The highest BCUT2D eigenvalue weighted by atomic mass is 79.9. The van der Waals surface area contributed by atoms with Crippen LogP contribution in [0.15, 0.2) is 42.7 Å². The fourth-order valence-corrected chi connectivity index (χ4v) is 6.11. The summed E-state index contributed by atoms with van der Waals surface area (Å²) in [6, 6.07) is 11.8. The lowest BCUT2D eigenvalue weighted by Gasteiger charge is -2.59. The molecular formula is C23H29BrN2O. The minimum Gasteiger partial charge on any atom is -0.497 e. The molecule has 27 heavy (non-hydrogen) atoms. The van der Waals surface area contributed by atoms with Gasteiger partial charge in [-0.2, -0.15) is 0 Å². The van der Waals surface area contributed by atoms with Crippen molar-refractivity contribution in [2.45, 2.75) is 56.5 Å². The Bertz CT molecular complexity index is 796. The summed E-state index contributed by atoms with van der Waals surface area (Å²) in [5.74, 6) is 1.82. The molecule has 3 atom stereocenters. The van der Waals surface area contributed by atoms with Crippen molar-refractivity contribution in [3.8, 4) is 5.75 Å². The molecule has 144 valence electrons. The molecule has 1 aliphatic heterocycles. The molecule has 2 fully saturated rings. The molecule has 2 aliphatic carbocycles. The van der Waals surface area contributed by atoms with Gasteiger partial charge in [-0.05, 0) is 73.0 Å². The number of benzene rings is 1. The van der Waals surface area contributed by atoms with Crippen LogP contribution in [0.2, 0.25) is 0 Å². The summed E-state index contributed by atoms with van der Waals surface area (Å²) in [6.45, 7) is 2.24. The third-order valence-corrected chi connectivity index (χ3v) is 7.27. The van der Waals surface area contributed by atoms with Crippen LogP contribution in [0.4, 0.5) is 0 Å². The number of aromatic nitrogens is 1. The quantitative estimate of drug-likeness (QED) is 0.692. The Labute approximate surface area is 172 Å². The van der Waals surface area contributed by atoms with E-state index in [2.05, 4.69) is 40.2 Å². The first-order chi connectivity index (χ1) is 12.8.